The van der Waals surface area contributed by atoms with Crippen molar-refractivity contribution in [1.82, 2.24) is 19.9 Å². The second kappa shape index (κ2) is 10.4. The number of nitrogens with zero attached hydrogens (tertiary/aromatic N) is 5. The molecule has 1 aliphatic heterocycles. The Hall–Kier alpha value is -2.79. The summed E-state index contributed by atoms with van der Waals surface area (Å²) in [6.45, 7) is -0.614. The number of piperazine rings is 1. The summed E-state index contributed by atoms with van der Waals surface area (Å²) >= 11 is 7.24. The van der Waals surface area contributed by atoms with Crippen LogP contribution in [0.5, 0.6) is 0 Å². The molecule has 0 radical (unpaired) electrons. The summed E-state index contributed by atoms with van der Waals surface area (Å²) in [6, 6.07) is 6.18. The number of β-amino-alcohol motifs (C(OH)–C–C–N with tert-alkyl or cyclic N) is 1. The Morgan fingerprint density at radius 1 is 1.33 bits per heavy atom. The molecule has 9 nitrogen and oxygen atoms in total. The van der Waals surface area contributed by atoms with Crippen molar-refractivity contribution in [3.05, 3.63) is 51.7 Å². The Labute approximate surface area is 208 Å². The zero-order valence-corrected chi connectivity index (χ0v) is 19.4. The van der Waals surface area contributed by atoms with E-state index in [4.69, 9.17) is 18.5 Å². The van der Waals surface area contributed by atoms with Crippen molar-refractivity contribution in [1.29, 1.82) is 0 Å². The highest BCUT2D eigenvalue weighted by Crippen LogP contribution is 2.28. The molecule has 1 aromatic carbocycles. The van der Waals surface area contributed by atoms with Crippen LogP contribution in [-0.4, -0.2) is 70.1 Å². The largest absolute Gasteiger partial charge is 0.395 e. The van der Waals surface area contributed by atoms with E-state index in [1.165, 1.54) is 24.4 Å². The van der Waals surface area contributed by atoms with E-state index in [1.807, 2.05) is 4.90 Å². The first kappa shape index (κ1) is 17.7. The van der Waals surface area contributed by atoms with Crippen LogP contribution in [-0.2, 0) is 0 Å². The third-order valence-electron chi connectivity index (χ3n) is 5.03. The number of carbonyl (C=O) groups is 1. The first-order chi connectivity index (χ1) is 17.8. The summed E-state index contributed by atoms with van der Waals surface area (Å²) in [4.78, 5) is 30.2. The van der Waals surface area contributed by atoms with Crippen LogP contribution in [0.15, 0.2) is 30.5 Å². The molecule has 0 bridgehead atoms. The first-order valence-electron chi connectivity index (χ1n) is 12.7. The maximum absolute atomic E-state index is 12.9. The van der Waals surface area contributed by atoms with E-state index in [0.29, 0.717) is 48.8 Å². The van der Waals surface area contributed by atoms with Crippen molar-refractivity contribution < 1.29 is 16.8 Å². The summed E-state index contributed by atoms with van der Waals surface area (Å²) < 4.78 is 37.8. The van der Waals surface area contributed by atoms with Gasteiger partial charge in [-0.1, -0.05) is 35.1 Å². The van der Waals surface area contributed by atoms with E-state index in [0.717, 1.165) is 11.3 Å². The molecule has 0 unspecified atom stereocenters. The third kappa shape index (κ3) is 5.77. The minimum Gasteiger partial charge on any atom is -0.395 e. The molecule has 1 fully saturated rings. The van der Waals surface area contributed by atoms with E-state index >= 15 is 0 Å². The molecular formula is C22H26ClN7O2S. The van der Waals surface area contributed by atoms with Crippen molar-refractivity contribution in [2.24, 2.45) is 0 Å². The Bertz CT molecular complexity index is 1310. The number of benzene rings is 1. The predicted molar refractivity (Wildman–Crippen MR) is 132 cm³/mol. The number of nitrogens with one attached hydrogen (secondary N) is 2. The molecule has 11 heteroatoms. The second-order valence-corrected chi connectivity index (χ2v) is 8.79. The van der Waals surface area contributed by atoms with Gasteiger partial charge in [-0.2, -0.15) is 0 Å². The molecule has 33 heavy (non-hydrogen) atoms. The van der Waals surface area contributed by atoms with Crippen LogP contribution in [0.2, 0.25) is 5.02 Å². The van der Waals surface area contributed by atoms with E-state index in [9.17, 15) is 9.90 Å². The quantitative estimate of drug-likeness (QED) is 0.461. The van der Waals surface area contributed by atoms with E-state index in [-0.39, 0.29) is 27.7 Å². The number of anilines is 4. The molecule has 0 spiro atoms. The van der Waals surface area contributed by atoms with Crippen molar-refractivity contribution in [2.75, 3.05) is 54.8 Å². The Kier molecular flexibility index (Phi) is 5.58. The summed E-state index contributed by atoms with van der Waals surface area (Å²) in [5.41, 5.74) is -0.0190. The van der Waals surface area contributed by atoms with Gasteiger partial charge in [0.2, 0.25) is 0 Å². The van der Waals surface area contributed by atoms with Gasteiger partial charge in [0.1, 0.15) is 22.3 Å². The van der Waals surface area contributed by atoms with E-state index in [2.05, 4.69) is 30.5 Å². The molecule has 1 aliphatic rings. The highest BCUT2D eigenvalue weighted by atomic mass is 35.5. The molecule has 0 atom stereocenters. The van der Waals surface area contributed by atoms with Crippen LogP contribution in [0, 0.1) is 13.8 Å². The summed E-state index contributed by atoms with van der Waals surface area (Å²) in [5.74, 6) is 1.17. The Morgan fingerprint density at radius 3 is 2.91 bits per heavy atom. The van der Waals surface area contributed by atoms with Gasteiger partial charge >= 0.3 is 0 Å². The normalized spacial score (nSPS) is 17.4. The topological polar surface area (TPSA) is 107 Å². The van der Waals surface area contributed by atoms with Crippen LogP contribution in [0.4, 0.5) is 22.5 Å². The lowest BCUT2D eigenvalue weighted by atomic mass is 10.2. The minimum absolute atomic E-state index is 0.0355. The number of carbonyl (C=O) groups excluding carboxylic acids is 1. The van der Waals surface area contributed by atoms with E-state index < -0.39 is 19.3 Å². The summed E-state index contributed by atoms with van der Waals surface area (Å²) in [6.07, 6.45) is 1.38. The van der Waals surface area contributed by atoms with Gasteiger partial charge in [-0.05, 0) is 25.4 Å². The van der Waals surface area contributed by atoms with Gasteiger partial charge in [0.25, 0.3) is 5.91 Å². The number of rotatable bonds is 7. The molecular weight excluding hydrogens is 462 g/mol. The van der Waals surface area contributed by atoms with Crippen molar-refractivity contribution >= 4 is 51.3 Å². The van der Waals surface area contributed by atoms with Gasteiger partial charge < -0.3 is 20.6 Å². The monoisotopic (exact) mass is 492 g/mol. The maximum atomic E-state index is 12.9. The van der Waals surface area contributed by atoms with Gasteiger partial charge in [-0.15, -0.1) is 0 Å². The number of para-hydroxylation sites is 1. The number of aryl methyl sites for hydroxylation is 2. The highest BCUT2D eigenvalue weighted by molar-refractivity contribution is 7.17. The Balaban J connectivity index is 1.44. The number of aromatic nitrogens is 3. The van der Waals surface area contributed by atoms with Gasteiger partial charge in [0.15, 0.2) is 5.13 Å². The van der Waals surface area contributed by atoms with Crippen molar-refractivity contribution in [3.8, 4) is 0 Å². The number of hydrogen-bond acceptors (Lipinski definition) is 9. The molecule has 3 N–H and O–H groups in total. The number of hydrogen-bond donors (Lipinski definition) is 3. The molecule has 3 heterocycles. The highest BCUT2D eigenvalue weighted by Gasteiger charge is 2.19. The van der Waals surface area contributed by atoms with Crippen molar-refractivity contribution in [2.45, 2.75) is 13.8 Å². The lowest BCUT2D eigenvalue weighted by Gasteiger charge is -2.35. The predicted octanol–water partition coefficient (Wildman–Crippen LogP) is 3.31. The molecule has 1 amide bonds. The maximum Gasteiger partial charge on any atom is 0.267 e. The van der Waals surface area contributed by atoms with Gasteiger partial charge in [0, 0.05) is 42.9 Å². The average Bonchev–Trinajstić information content (AvgIpc) is 3.27. The molecule has 3 aromatic rings. The van der Waals surface area contributed by atoms with E-state index in [1.54, 1.807) is 13.0 Å². The summed E-state index contributed by atoms with van der Waals surface area (Å²) in [5, 5.41) is 15.6. The fourth-order valence-electron chi connectivity index (χ4n) is 3.39. The first-order valence-corrected chi connectivity index (χ1v) is 11.4. The van der Waals surface area contributed by atoms with Gasteiger partial charge in [0.05, 0.1) is 26.2 Å². The zero-order valence-electron chi connectivity index (χ0n) is 22.8. The number of thiazole rings is 1. The third-order valence-corrected chi connectivity index (χ3v) is 6.26. The summed E-state index contributed by atoms with van der Waals surface area (Å²) in [7, 11) is 0. The average molecular weight is 493 g/mol. The van der Waals surface area contributed by atoms with Gasteiger partial charge in [-0.3, -0.25) is 9.69 Å². The fraction of sp³-hybridized carbons (Fsp3) is 0.364. The molecule has 4 rings (SSSR count). The zero-order chi connectivity index (χ0) is 27.7. The molecule has 2 aromatic heterocycles. The fourth-order valence-corrected chi connectivity index (χ4v) is 4.33. The lowest BCUT2D eigenvalue weighted by Crippen LogP contribution is -2.47. The molecule has 0 saturated carbocycles. The molecule has 1 saturated heterocycles. The second-order valence-electron chi connectivity index (χ2n) is 7.35. The van der Waals surface area contributed by atoms with Crippen LogP contribution < -0.4 is 15.5 Å². The Morgan fingerprint density at radius 2 is 2.15 bits per heavy atom. The smallest absolute Gasteiger partial charge is 0.267 e. The SMILES string of the molecule is [2H]C([2H])(O)CN1CCN(c2cc(Nc3ncc(C(=O)Nc4c(Cl)cccc4C([2H])([2H])[2H])s3)nc(C)n2)CC1. The van der Waals surface area contributed by atoms with Crippen LogP contribution in [0.25, 0.3) is 0 Å². The lowest BCUT2D eigenvalue weighted by molar-refractivity contribution is 0.103. The van der Waals surface area contributed by atoms with Crippen molar-refractivity contribution in [3.63, 3.8) is 0 Å². The number of halogens is 1. The minimum atomic E-state index is -2.45. The molecule has 0 aliphatic carbocycles. The molecule has 174 valence electrons. The van der Waals surface area contributed by atoms with Crippen LogP contribution in [0.3, 0.4) is 0 Å². The number of amides is 1. The van der Waals surface area contributed by atoms with Crippen LogP contribution in [0.1, 0.15) is 27.9 Å². The van der Waals surface area contributed by atoms with Crippen LogP contribution >= 0.6 is 22.9 Å². The van der Waals surface area contributed by atoms with Gasteiger partial charge in [-0.25, -0.2) is 15.0 Å². The standard InChI is InChI=1S/C22H26ClN7O2S/c1-14-4-3-5-16(23)20(14)28-21(32)17-13-24-22(33-17)27-18-12-19(26-15(2)25-18)30-8-6-29(7-9-30)10-11-31/h3-5,12-13,31H,6-11H2,1-2H3,(H,28,32)(H,24,25,26,27)/i1D3,11D2. The number of aliphatic hydroxyl groups is 1.